The van der Waals surface area contributed by atoms with E-state index in [2.05, 4.69) is 5.32 Å². The molecule has 1 aliphatic heterocycles. The molecule has 144 valence electrons. The maximum absolute atomic E-state index is 12.4. The first kappa shape index (κ1) is 18.2. The van der Waals surface area contributed by atoms with E-state index >= 15 is 0 Å². The van der Waals surface area contributed by atoms with Gasteiger partial charge in [0.05, 0.1) is 17.7 Å². The molecule has 1 atom stereocenters. The van der Waals surface area contributed by atoms with E-state index < -0.39 is 0 Å². The summed E-state index contributed by atoms with van der Waals surface area (Å²) in [6.45, 7) is 2.30. The summed E-state index contributed by atoms with van der Waals surface area (Å²) in [5.74, 6) is 0.523. The van der Waals surface area contributed by atoms with Crippen LogP contribution in [0.5, 0.6) is 5.75 Å². The van der Waals surface area contributed by atoms with Crippen molar-refractivity contribution in [2.45, 2.75) is 19.8 Å². The molecule has 2 aliphatic rings. The summed E-state index contributed by atoms with van der Waals surface area (Å²) >= 11 is 0. The van der Waals surface area contributed by atoms with Gasteiger partial charge in [0.1, 0.15) is 12.4 Å². The molecule has 1 unspecified atom stereocenters. The summed E-state index contributed by atoms with van der Waals surface area (Å²) in [6.07, 6.45) is 2.24. The van der Waals surface area contributed by atoms with Crippen LogP contribution >= 0.6 is 0 Å². The fraction of sp³-hybridized carbons (Fsp3) is 0.318. The number of imide groups is 1. The van der Waals surface area contributed by atoms with Gasteiger partial charge in [-0.2, -0.15) is 0 Å². The first-order valence-electron chi connectivity index (χ1n) is 9.53. The van der Waals surface area contributed by atoms with Crippen LogP contribution < -0.4 is 10.1 Å². The van der Waals surface area contributed by atoms with Crippen LogP contribution in [-0.2, 0) is 4.79 Å². The van der Waals surface area contributed by atoms with Gasteiger partial charge in [-0.15, -0.1) is 0 Å². The standard InChI is InChI=1S/C22H22N2O4/c1-14(15-9-10-15)20(25)23-16-5-4-6-17(13-16)28-12-11-24-21(26)18-7-2-3-8-19(18)22(24)27/h2-8,13-15H,9-12H2,1H3,(H,23,25). The Hall–Kier alpha value is -3.15. The predicted octanol–water partition coefficient (Wildman–Crippen LogP) is 3.35. The van der Waals surface area contributed by atoms with Gasteiger partial charge < -0.3 is 10.1 Å². The van der Waals surface area contributed by atoms with E-state index in [0.29, 0.717) is 28.5 Å². The quantitative estimate of drug-likeness (QED) is 0.750. The Morgan fingerprint density at radius 3 is 2.43 bits per heavy atom. The maximum atomic E-state index is 12.4. The van der Waals surface area contributed by atoms with Crippen LogP contribution in [0.3, 0.4) is 0 Å². The number of nitrogens with zero attached hydrogens (tertiary/aromatic N) is 1. The monoisotopic (exact) mass is 378 g/mol. The Morgan fingerprint density at radius 2 is 1.79 bits per heavy atom. The summed E-state index contributed by atoms with van der Waals surface area (Å²) < 4.78 is 5.71. The van der Waals surface area contributed by atoms with Crippen LogP contribution in [0.1, 0.15) is 40.5 Å². The van der Waals surface area contributed by atoms with Crippen LogP contribution in [0.2, 0.25) is 0 Å². The number of benzene rings is 2. The van der Waals surface area contributed by atoms with Gasteiger partial charge in [-0.3, -0.25) is 19.3 Å². The zero-order valence-corrected chi connectivity index (χ0v) is 15.7. The number of hydrogen-bond acceptors (Lipinski definition) is 4. The van der Waals surface area contributed by atoms with Crippen LogP contribution in [0.15, 0.2) is 48.5 Å². The van der Waals surface area contributed by atoms with Crippen LogP contribution in [0.25, 0.3) is 0 Å². The fourth-order valence-corrected chi connectivity index (χ4v) is 3.43. The highest BCUT2D eigenvalue weighted by Crippen LogP contribution is 2.37. The number of carbonyl (C=O) groups is 3. The first-order chi connectivity index (χ1) is 13.5. The van der Waals surface area contributed by atoms with Crippen molar-refractivity contribution in [1.82, 2.24) is 4.90 Å². The second-order valence-electron chi connectivity index (χ2n) is 7.30. The van der Waals surface area contributed by atoms with Crippen molar-refractivity contribution >= 4 is 23.4 Å². The van der Waals surface area contributed by atoms with Crippen LogP contribution in [-0.4, -0.2) is 35.8 Å². The van der Waals surface area contributed by atoms with Crippen molar-refractivity contribution in [3.05, 3.63) is 59.7 Å². The minimum absolute atomic E-state index is 0.0124. The third-order valence-corrected chi connectivity index (χ3v) is 5.31. The molecule has 0 aromatic heterocycles. The zero-order valence-electron chi connectivity index (χ0n) is 15.7. The van der Waals surface area contributed by atoms with E-state index in [1.165, 1.54) is 4.90 Å². The second-order valence-corrected chi connectivity index (χ2v) is 7.30. The Morgan fingerprint density at radius 1 is 1.11 bits per heavy atom. The second kappa shape index (κ2) is 7.46. The molecule has 1 saturated carbocycles. The maximum Gasteiger partial charge on any atom is 0.261 e. The van der Waals surface area contributed by atoms with E-state index in [0.717, 1.165) is 12.8 Å². The van der Waals surface area contributed by atoms with Crippen molar-refractivity contribution in [3.8, 4) is 5.75 Å². The summed E-state index contributed by atoms with van der Waals surface area (Å²) in [5.41, 5.74) is 1.54. The number of carbonyl (C=O) groups excluding carboxylic acids is 3. The Kier molecular flexibility index (Phi) is 4.86. The highest BCUT2D eigenvalue weighted by Gasteiger charge is 2.35. The number of fused-ring (bicyclic) bond motifs is 1. The lowest BCUT2D eigenvalue weighted by Gasteiger charge is -2.15. The molecule has 0 saturated heterocycles. The molecule has 1 N–H and O–H groups in total. The first-order valence-corrected chi connectivity index (χ1v) is 9.53. The lowest BCUT2D eigenvalue weighted by Crippen LogP contribution is -2.33. The normalized spacial score (nSPS) is 16.7. The van der Waals surface area contributed by atoms with E-state index in [1.54, 1.807) is 42.5 Å². The van der Waals surface area contributed by atoms with Crippen molar-refractivity contribution in [2.75, 3.05) is 18.5 Å². The minimum atomic E-state index is -0.292. The van der Waals surface area contributed by atoms with E-state index in [1.807, 2.05) is 13.0 Å². The van der Waals surface area contributed by atoms with Crippen molar-refractivity contribution in [1.29, 1.82) is 0 Å². The van der Waals surface area contributed by atoms with Gasteiger partial charge in [0.2, 0.25) is 5.91 Å². The van der Waals surface area contributed by atoms with Crippen molar-refractivity contribution in [3.63, 3.8) is 0 Å². The summed E-state index contributed by atoms with van der Waals surface area (Å²) in [7, 11) is 0. The molecular formula is C22H22N2O4. The number of rotatable bonds is 7. The molecule has 1 heterocycles. The number of amides is 3. The van der Waals surface area contributed by atoms with Gasteiger partial charge in [-0.1, -0.05) is 25.1 Å². The molecule has 0 radical (unpaired) electrons. The molecule has 28 heavy (non-hydrogen) atoms. The number of hydrogen-bond donors (Lipinski definition) is 1. The molecule has 4 rings (SSSR count). The van der Waals surface area contributed by atoms with Gasteiger partial charge in [-0.05, 0) is 43.0 Å². The van der Waals surface area contributed by atoms with Gasteiger partial charge in [0.15, 0.2) is 0 Å². The number of nitrogens with one attached hydrogen (secondary N) is 1. The van der Waals surface area contributed by atoms with Gasteiger partial charge in [0.25, 0.3) is 11.8 Å². The molecule has 1 aliphatic carbocycles. The zero-order chi connectivity index (χ0) is 19.7. The molecule has 3 amide bonds. The van der Waals surface area contributed by atoms with Crippen molar-refractivity contribution < 1.29 is 19.1 Å². The highest BCUT2D eigenvalue weighted by atomic mass is 16.5. The number of ether oxygens (including phenoxy) is 1. The molecular weight excluding hydrogens is 356 g/mol. The number of anilines is 1. The van der Waals surface area contributed by atoms with E-state index in [9.17, 15) is 14.4 Å². The molecule has 6 nitrogen and oxygen atoms in total. The smallest absolute Gasteiger partial charge is 0.261 e. The average Bonchev–Trinajstić information content (AvgIpc) is 3.52. The lowest BCUT2D eigenvalue weighted by atomic mass is 10.1. The fourth-order valence-electron chi connectivity index (χ4n) is 3.43. The molecule has 2 aromatic carbocycles. The van der Waals surface area contributed by atoms with Crippen LogP contribution in [0, 0.1) is 11.8 Å². The molecule has 1 fully saturated rings. The third-order valence-electron chi connectivity index (χ3n) is 5.31. The summed E-state index contributed by atoms with van der Waals surface area (Å²) in [6, 6.07) is 13.9. The van der Waals surface area contributed by atoms with Crippen molar-refractivity contribution in [2.24, 2.45) is 11.8 Å². The molecule has 6 heteroatoms. The van der Waals surface area contributed by atoms with Crippen LogP contribution in [0.4, 0.5) is 5.69 Å². The average molecular weight is 378 g/mol. The highest BCUT2D eigenvalue weighted by molar-refractivity contribution is 6.21. The Bertz CT molecular complexity index is 901. The van der Waals surface area contributed by atoms with Gasteiger partial charge >= 0.3 is 0 Å². The van der Waals surface area contributed by atoms with Gasteiger partial charge in [-0.25, -0.2) is 0 Å². The predicted molar refractivity (Wildman–Crippen MR) is 104 cm³/mol. The lowest BCUT2D eigenvalue weighted by molar-refractivity contribution is -0.119. The van der Waals surface area contributed by atoms with E-state index in [-0.39, 0.29) is 36.8 Å². The molecule has 0 bridgehead atoms. The minimum Gasteiger partial charge on any atom is -0.492 e. The Balaban J connectivity index is 1.33. The third kappa shape index (κ3) is 3.63. The summed E-state index contributed by atoms with van der Waals surface area (Å²) in [4.78, 5) is 38.1. The van der Waals surface area contributed by atoms with Gasteiger partial charge in [0, 0.05) is 17.7 Å². The molecule has 0 spiro atoms. The SMILES string of the molecule is CC(C(=O)Nc1cccc(OCCN2C(=O)c3ccccc3C2=O)c1)C1CC1. The largest absolute Gasteiger partial charge is 0.492 e. The Labute approximate surface area is 163 Å². The topological polar surface area (TPSA) is 75.7 Å². The summed E-state index contributed by atoms with van der Waals surface area (Å²) in [5, 5.41) is 2.92. The van der Waals surface area contributed by atoms with E-state index in [4.69, 9.17) is 4.74 Å². The molecule has 2 aromatic rings.